The van der Waals surface area contributed by atoms with Gasteiger partial charge in [-0.15, -0.1) is 0 Å². The molecule has 0 unspecified atom stereocenters. The largest absolute Gasteiger partial charge is 0.496 e. The number of nitrogen functional groups attached to an aromatic ring is 1. The van der Waals surface area contributed by atoms with Crippen molar-refractivity contribution < 1.29 is 4.74 Å². The van der Waals surface area contributed by atoms with E-state index in [1.54, 1.807) is 26.3 Å². The van der Waals surface area contributed by atoms with Gasteiger partial charge in [0.15, 0.2) is 0 Å². The lowest BCUT2D eigenvalue weighted by Gasteiger charge is -2.13. The Labute approximate surface area is 112 Å². The second-order valence-electron chi connectivity index (χ2n) is 4.70. The molecule has 4 heteroatoms. The Balaban J connectivity index is 2.71. The quantitative estimate of drug-likeness (QED) is 0.899. The second-order valence-corrected chi connectivity index (χ2v) is 4.70. The van der Waals surface area contributed by atoms with Crippen LogP contribution >= 0.6 is 0 Å². The van der Waals surface area contributed by atoms with Gasteiger partial charge < -0.3 is 10.5 Å². The molecule has 0 saturated heterocycles. The van der Waals surface area contributed by atoms with Crippen LogP contribution in [0.2, 0.25) is 0 Å². The lowest BCUT2D eigenvalue weighted by molar-refractivity contribution is 0.416. The number of ether oxygens (including phenoxy) is 1. The Kier molecular flexibility index (Phi) is 3.34. The molecule has 0 aliphatic rings. The van der Waals surface area contributed by atoms with Gasteiger partial charge in [0.2, 0.25) is 0 Å². The van der Waals surface area contributed by atoms with E-state index in [1.165, 1.54) is 4.57 Å². The van der Waals surface area contributed by atoms with E-state index >= 15 is 0 Å². The summed E-state index contributed by atoms with van der Waals surface area (Å²) < 4.78 is 6.81. The number of nitrogens with two attached hydrogens (primary N) is 1. The van der Waals surface area contributed by atoms with Crippen LogP contribution in [0.1, 0.15) is 11.1 Å². The molecule has 1 heterocycles. The highest BCUT2D eigenvalue weighted by Crippen LogP contribution is 2.32. The van der Waals surface area contributed by atoms with Crippen molar-refractivity contribution in [2.75, 3.05) is 12.8 Å². The smallest absolute Gasteiger partial charge is 0.252 e. The standard InChI is InChI=1S/C15H18N2O2/c1-9-5-12(13(19-4)6-10(9)2)11-7-14(16)17(3)15(18)8-11/h5-8H,16H2,1-4H3. The fourth-order valence-electron chi connectivity index (χ4n) is 1.99. The van der Waals surface area contributed by atoms with E-state index in [-0.39, 0.29) is 5.56 Å². The predicted molar refractivity (Wildman–Crippen MR) is 77.6 cm³/mol. The van der Waals surface area contributed by atoms with E-state index in [9.17, 15) is 4.79 Å². The maximum atomic E-state index is 11.8. The molecule has 0 bridgehead atoms. The van der Waals surface area contributed by atoms with E-state index in [0.717, 1.165) is 28.0 Å². The molecule has 100 valence electrons. The highest BCUT2D eigenvalue weighted by atomic mass is 16.5. The summed E-state index contributed by atoms with van der Waals surface area (Å²) >= 11 is 0. The number of pyridine rings is 1. The summed E-state index contributed by atoms with van der Waals surface area (Å²) in [4.78, 5) is 11.8. The van der Waals surface area contributed by atoms with Crippen LogP contribution in [0.15, 0.2) is 29.1 Å². The van der Waals surface area contributed by atoms with Gasteiger partial charge in [0.1, 0.15) is 11.6 Å². The predicted octanol–water partition coefficient (Wildman–Crippen LogP) is 2.26. The highest BCUT2D eigenvalue weighted by Gasteiger charge is 2.10. The lowest BCUT2D eigenvalue weighted by Crippen LogP contribution is -2.18. The fourth-order valence-corrected chi connectivity index (χ4v) is 1.99. The highest BCUT2D eigenvalue weighted by molar-refractivity contribution is 5.73. The van der Waals surface area contributed by atoms with Gasteiger partial charge in [0, 0.05) is 18.7 Å². The molecule has 0 radical (unpaired) electrons. The van der Waals surface area contributed by atoms with Crippen molar-refractivity contribution >= 4 is 5.82 Å². The minimum absolute atomic E-state index is 0.129. The molecule has 0 aliphatic heterocycles. The summed E-state index contributed by atoms with van der Waals surface area (Å²) in [6.07, 6.45) is 0. The third kappa shape index (κ3) is 2.34. The maximum Gasteiger partial charge on any atom is 0.252 e. The average molecular weight is 258 g/mol. The number of hydrogen-bond donors (Lipinski definition) is 1. The van der Waals surface area contributed by atoms with Crippen LogP contribution in [0, 0.1) is 13.8 Å². The second kappa shape index (κ2) is 4.80. The Bertz CT molecular complexity index is 687. The zero-order valence-electron chi connectivity index (χ0n) is 11.7. The van der Waals surface area contributed by atoms with Gasteiger partial charge >= 0.3 is 0 Å². The summed E-state index contributed by atoms with van der Waals surface area (Å²) in [7, 11) is 3.27. The zero-order chi connectivity index (χ0) is 14.2. The van der Waals surface area contributed by atoms with Crippen molar-refractivity contribution in [3.8, 4) is 16.9 Å². The van der Waals surface area contributed by atoms with Gasteiger partial charge in [0.05, 0.1) is 7.11 Å². The third-order valence-corrected chi connectivity index (χ3v) is 3.43. The number of methoxy groups -OCH3 is 1. The van der Waals surface area contributed by atoms with Crippen LogP contribution < -0.4 is 16.0 Å². The SMILES string of the molecule is COc1cc(C)c(C)cc1-c1cc(N)n(C)c(=O)c1. The van der Waals surface area contributed by atoms with Crippen LogP contribution in [0.3, 0.4) is 0 Å². The van der Waals surface area contributed by atoms with Gasteiger partial charge in [-0.3, -0.25) is 9.36 Å². The van der Waals surface area contributed by atoms with E-state index in [1.807, 2.05) is 26.0 Å². The molecule has 1 aromatic carbocycles. The molecular weight excluding hydrogens is 240 g/mol. The van der Waals surface area contributed by atoms with Crippen LogP contribution in [0.25, 0.3) is 11.1 Å². The molecule has 0 spiro atoms. The van der Waals surface area contributed by atoms with Crippen molar-refractivity contribution in [1.82, 2.24) is 4.57 Å². The monoisotopic (exact) mass is 258 g/mol. The minimum atomic E-state index is -0.129. The first-order valence-electron chi connectivity index (χ1n) is 6.06. The molecule has 19 heavy (non-hydrogen) atoms. The first-order chi connectivity index (χ1) is 8.93. The lowest BCUT2D eigenvalue weighted by atomic mass is 9.99. The van der Waals surface area contributed by atoms with E-state index in [4.69, 9.17) is 10.5 Å². The molecule has 0 amide bonds. The van der Waals surface area contributed by atoms with Crippen LogP contribution in [0.4, 0.5) is 5.82 Å². The van der Waals surface area contributed by atoms with Gasteiger partial charge in [0.25, 0.3) is 5.56 Å². The minimum Gasteiger partial charge on any atom is -0.496 e. The van der Waals surface area contributed by atoms with E-state index in [0.29, 0.717) is 5.82 Å². The maximum absolute atomic E-state index is 11.8. The summed E-state index contributed by atoms with van der Waals surface area (Å²) in [5, 5.41) is 0. The number of rotatable bonds is 2. The number of hydrogen-bond acceptors (Lipinski definition) is 3. The molecule has 0 saturated carbocycles. The van der Waals surface area contributed by atoms with Crippen molar-refractivity contribution in [3.63, 3.8) is 0 Å². The summed E-state index contributed by atoms with van der Waals surface area (Å²) in [6, 6.07) is 7.34. The Morgan fingerprint density at radius 2 is 1.74 bits per heavy atom. The zero-order valence-corrected chi connectivity index (χ0v) is 11.7. The molecule has 2 rings (SSSR count). The molecule has 2 N–H and O–H groups in total. The normalized spacial score (nSPS) is 10.5. The number of benzene rings is 1. The topological polar surface area (TPSA) is 57.2 Å². The summed E-state index contributed by atoms with van der Waals surface area (Å²) in [5.74, 6) is 1.18. The number of nitrogens with zero attached hydrogens (tertiary/aromatic N) is 1. The van der Waals surface area contributed by atoms with Crippen molar-refractivity contribution in [3.05, 3.63) is 45.7 Å². The van der Waals surface area contributed by atoms with Gasteiger partial charge in [-0.2, -0.15) is 0 Å². The molecule has 1 aromatic heterocycles. The van der Waals surface area contributed by atoms with Gasteiger partial charge in [-0.1, -0.05) is 0 Å². The van der Waals surface area contributed by atoms with Crippen LogP contribution in [-0.4, -0.2) is 11.7 Å². The van der Waals surface area contributed by atoms with Crippen LogP contribution in [-0.2, 0) is 7.05 Å². The van der Waals surface area contributed by atoms with Crippen LogP contribution in [0.5, 0.6) is 5.75 Å². The first-order valence-corrected chi connectivity index (χ1v) is 6.06. The Morgan fingerprint density at radius 3 is 2.32 bits per heavy atom. The molecule has 4 nitrogen and oxygen atoms in total. The number of aromatic nitrogens is 1. The number of anilines is 1. The van der Waals surface area contributed by atoms with E-state index < -0.39 is 0 Å². The summed E-state index contributed by atoms with van der Waals surface area (Å²) in [5.41, 5.74) is 9.67. The van der Waals surface area contributed by atoms with Crippen molar-refractivity contribution in [2.24, 2.45) is 7.05 Å². The molecule has 0 fully saturated rings. The fraction of sp³-hybridized carbons (Fsp3) is 0.267. The number of aryl methyl sites for hydroxylation is 2. The van der Waals surface area contributed by atoms with Crippen molar-refractivity contribution in [1.29, 1.82) is 0 Å². The van der Waals surface area contributed by atoms with E-state index in [2.05, 4.69) is 0 Å². The molecule has 0 aliphatic carbocycles. The van der Waals surface area contributed by atoms with Crippen molar-refractivity contribution in [2.45, 2.75) is 13.8 Å². The Morgan fingerprint density at radius 1 is 1.11 bits per heavy atom. The molecule has 2 aromatic rings. The third-order valence-electron chi connectivity index (χ3n) is 3.43. The Hall–Kier alpha value is -2.23. The van der Waals surface area contributed by atoms with Gasteiger partial charge in [-0.25, -0.2) is 0 Å². The molecule has 0 atom stereocenters. The summed E-state index contributed by atoms with van der Waals surface area (Å²) in [6.45, 7) is 4.06. The average Bonchev–Trinajstić information content (AvgIpc) is 2.38. The van der Waals surface area contributed by atoms with Gasteiger partial charge in [-0.05, 0) is 48.7 Å². The molecular formula is C15H18N2O2. The first kappa shape index (κ1) is 13.2.